The molecule has 0 saturated heterocycles. The van der Waals surface area contributed by atoms with Crippen LogP contribution in [0.1, 0.15) is 57.6 Å². The molecule has 2 aromatic carbocycles. The van der Waals surface area contributed by atoms with Gasteiger partial charge in [-0.25, -0.2) is 9.18 Å². The van der Waals surface area contributed by atoms with E-state index in [4.69, 9.17) is 9.15 Å². The number of carbonyl (C=O) groups is 2. The van der Waals surface area contributed by atoms with Crippen LogP contribution in [-0.2, 0) is 21.2 Å². The molecule has 0 atom stereocenters. The molecule has 188 valence electrons. The van der Waals surface area contributed by atoms with Crippen molar-refractivity contribution in [2.24, 2.45) is 5.10 Å². The van der Waals surface area contributed by atoms with Crippen molar-refractivity contribution in [1.82, 2.24) is 4.83 Å². The van der Waals surface area contributed by atoms with Crippen molar-refractivity contribution in [3.05, 3.63) is 82.6 Å². The molecule has 1 aliphatic carbocycles. The number of ether oxygens (including phenoxy) is 1. The number of fused-ring (bicyclic) bond motifs is 1. The first-order chi connectivity index (χ1) is 17.2. The van der Waals surface area contributed by atoms with Crippen LogP contribution in [0.2, 0.25) is 0 Å². The van der Waals surface area contributed by atoms with Gasteiger partial charge in [0.2, 0.25) is 0 Å². The zero-order valence-electron chi connectivity index (χ0n) is 19.6. The summed E-state index contributed by atoms with van der Waals surface area (Å²) in [6, 6.07) is 10.8. The highest BCUT2D eigenvalue weighted by Gasteiger charge is 2.29. The molecule has 1 aliphatic rings. The molecule has 1 aromatic heterocycles. The molecule has 0 saturated carbocycles. The lowest BCUT2D eigenvalue weighted by molar-refractivity contribution is 0.0527. The zero-order chi connectivity index (χ0) is 25.9. The maximum atomic E-state index is 13.2. The first-order valence-electron chi connectivity index (χ1n) is 11.3. The van der Waals surface area contributed by atoms with Crippen LogP contribution in [0.15, 0.2) is 62.9 Å². The Morgan fingerprint density at radius 2 is 1.83 bits per heavy atom. The van der Waals surface area contributed by atoms with Gasteiger partial charge in [0, 0.05) is 17.5 Å². The molecule has 0 aliphatic heterocycles. The van der Waals surface area contributed by atoms with Crippen LogP contribution in [0.3, 0.4) is 0 Å². The summed E-state index contributed by atoms with van der Waals surface area (Å²) in [5.41, 5.74) is 1.96. The number of nitrogens with zero attached hydrogens (tertiary/aromatic N) is 1. The molecule has 1 amide bonds. The van der Waals surface area contributed by atoms with E-state index in [1.54, 1.807) is 38.1 Å². The number of rotatable bonds is 7. The van der Waals surface area contributed by atoms with Gasteiger partial charge in [0.15, 0.2) is 5.76 Å². The van der Waals surface area contributed by atoms with Gasteiger partial charge in [0.1, 0.15) is 11.6 Å². The Morgan fingerprint density at radius 3 is 2.56 bits per heavy atom. The highest BCUT2D eigenvalue weighted by molar-refractivity contribution is 7.89. The molecule has 3 aromatic rings. The number of para-hydroxylation sites is 1. The van der Waals surface area contributed by atoms with Gasteiger partial charge in [0.05, 0.1) is 28.5 Å². The fourth-order valence-electron chi connectivity index (χ4n) is 3.94. The number of hydrazone groups is 1. The predicted octanol–water partition coefficient (Wildman–Crippen LogP) is 4.18. The minimum Gasteiger partial charge on any atom is -0.462 e. The summed E-state index contributed by atoms with van der Waals surface area (Å²) in [5, 5.41) is 6.80. The number of furan rings is 1. The smallest absolute Gasteiger partial charge is 0.340 e. The number of sulfonamides is 1. The Kier molecular flexibility index (Phi) is 7.20. The molecule has 0 radical (unpaired) electrons. The first kappa shape index (κ1) is 25.1. The van der Waals surface area contributed by atoms with E-state index in [9.17, 15) is 22.4 Å². The van der Waals surface area contributed by atoms with E-state index in [0.29, 0.717) is 41.9 Å². The summed E-state index contributed by atoms with van der Waals surface area (Å²) in [6.07, 6.45) is 1.66. The summed E-state index contributed by atoms with van der Waals surface area (Å²) >= 11 is 0. The zero-order valence-corrected chi connectivity index (χ0v) is 20.4. The van der Waals surface area contributed by atoms with E-state index >= 15 is 0 Å². The Bertz CT molecular complexity index is 1440. The average molecular weight is 514 g/mol. The van der Waals surface area contributed by atoms with Crippen LogP contribution < -0.4 is 10.1 Å². The van der Waals surface area contributed by atoms with Crippen LogP contribution in [0, 0.1) is 12.7 Å². The van der Waals surface area contributed by atoms with E-state index < -0.39 is 27.7 Å². The second-order valence-corrected chi connectivity index (χ2v) is 9.70. The SMILES string of the molecule is CCOC(=O)c1ccccc1NC(=O)c1oc2c(c1C)/C(=N/NS(=O)(=O)c1ccc(F)cc1)CCC2. The number of benzene rings is 2. The highest BCUT2D eigenvalue weighted by Crippen LogP contribution is 2.31. The summed E-state index contributed by atoms with van der Waals surface area (Å²) in [7, 11) is -4.02. The molecule has 36 heavy (non-hydrogen) atoms. The predicted molar refractivity (Wildman–Crippen MR) is 130 cm³/mol. The standard InChI is InChI=1S/C25H24FN3O6S/c1-3-34-25(31)18-7-4-5-8-19(18)27-24(30)23-15(2)22-20(9-6-10-21(22)35-23)28-29-36(32,33)17-13-11-16(26)12-14-17/h4-5,7-8,11-14,29H,3,6,9-10H2,1-2H3,(H,27,30)/b28-20+. The molecular weight excluding hydrogens is 489 g/mol. The minimum absolute atomic E-state index is 0.0367. The Balaban J connectivity index is 1.60. The van der Waals surface area contributed by atoms with Crippen molar-refractivity contribution in [2.45, 2.75) is 38.0 Å². The fraction of sp³-hybridized carbons (Fsp3) is 0.240. The van der Waals surface area contributed by atoms with E-state index in [1.807, 2.05) is 0 Å². The molecule has 0 fully saturated rings. The lowest BCUT2D eigenvalue weighted by atomic mass is 9.93. The number of esters is 1. The van der Waals surface area contributed by atoms with Gasteiger partial charge in [-0.1, -0.05) is 12.1 Å². The summed E-state index contributed by atoms with van der Waals surface area (Å²) in [4.78, 5) is 27.4. The maximum absolute atomic E-state index is 13.2. The third kappa shape index (κ3) is 5.15. The molecule has 11 heteroatoms. The van der Waals surface area contributed by atoms with Crippen molar-refractivity contribution in [2.75, 3.05) is 11.9 Å². The van der Waals surface area contributed by atoms with Gasteiger partial charge in [-0.15, -0.1) is 0 Å². The lowest BCUT2D eigenvalue weighted by Gasteiger charge is -2.14. The quantitative estimate of drug-likeness (QED) is 0.361. The molecule has 0 bridgehead atoms. The van der Waals surface area contributed by atoms with Crippen LogP contribution in [0.4, 0.5) is 10.1 Å². The minimum atomic E-state index is -4.02. The average Bonchev–Trinajstić information content (AvgIpc) is 3.20. The third-order valence-electron chi connectivity index (χ3n) is 5.63. The van der Waals surface area contributed by atoms with Crippen molar-refractivity contribution < 1.29 is 31.6 Å². The maximum Gasteiger partial charge on any atom is 0.340 e. The van der Waals surface area contributed by atoms with E-state index in [0.717, 1.165) is 24.3 Å². The third-order valence-corrected chi connectivity index (χ3v) is 6.85. The van der Waals surface area contributed by atoms with Crippen molar-refractivity contribution >= 4 is 33.3 Å². The number of nitrogens with one attached hydrogen (secondary N) is 2. The molecular formula is C25H24FN3O6S. The van der Waals surface area contributed by atoms with E-state index in [-0.39, 0.29) is 28.5 Å². The Morgan fingerprint density at radius 1 is 1.11 bits per heavy atom. The molecule has 4 rings (SSSR count). The summed E-state index contributed by atoms with van der Waals surface area (Å²) in [6.45, 7) is 3.57. The number of halogens is 1. The molecule has 1 heterocycles. The highest BCUT2D eigenvalue weighted by atomic mass is 32.2. The fourth-order valence-corrected chi connectivity index (χ4v) is 4.77. The first-order valence-corrected chi connectivity index (χ1v) is 12.7. The number of aryl methyl sites for hydroxylation is 1. The lowest BCUT2D eigenvalue weighted by Crippen LogP contribution is -2.22. The summed E-state index contributed by atoms with van der Waals surface area (Å²) in [5.74, 6) is -1.13. The van der Waals surface area contributed by atoms with E-state index in [2.05, 4.69) is 15.2 Å². The van der Waals surface area contributed by atoms with Gasteiger partial charge in [-0.2, -0.15) is 18.4 Å². The van der Waals surface area contributed by atoms with Gasteiger partial charge < -0.3 is 14.5 Å². The number of carbonyl (C=O) groups excluding carboxylic acids is 2. The van der Waals surface area contributed by atoms with Crippen molar-refractivity contribution in [1.29, 1.82) is 0 Å². The molecule has 9 nitrogen and oxygen atoms in total. The van der Waals surface area contributed by atoms with E-state index in [1.165, 1.54) is 0 Å². The molecule has 0 spiro atoms. The molecule has 0 unspecified atom stereocenters. The van der Waals surface area contributed by atoms with Gasteiger partial charge >= 0.3 is 5.97 Å². The largest absolute Gasteiger partial charge is 0.462 e. The number of amides is 1. The van der Waals surface area contributed by atoms with Crippen LogP contribution in [0.5, 0.6) is 0 Å². The van der Waals surface area contributed by atoms with Crippen LogP contribution in [0.25, 0.3) is 0 Å². The normalized spacial score (nSPS) is 14.2. The number of hydrogen-bond donors (Lipinski definition) is 2. The second-order valence-electron chi connectivity index (χ2n) is 8.04. The van der Waals surface area contributed by atoms with Gasteiger partial charge in [-0.05, 0) is 63.1 Å². The topological polar surface area (TPSA) is 127 Å². The van der Waals surface area contributed by atoms with Crippen molar-refractivity contribution in [3.63, 3.8) is 0 Å². The number of hydrogen-bond acceptors (Lipinski definition) is 7. The summed E-state index contributed by atoms with van der Waals surface area (Å²) < 4.78 is 49.2. The van der Waals surface area contributed by atoms with Crippen molar-refractivity contribution in [3.8, 4) is 0 Å². The van der Waals surface area contributed by atoms with Crippen LogP contribution in [-0.4, -0.2) is 32.6 Å². The Hall–Kier alpha value is -3.99. The Labute approximate surface area is 207 Å². The van der Waals surface area contributed by atoms with Gasteiger partial charge in [0.25, 0.3) is 15.9 Å². The number of anilines is 1. The van der Waals surface area contributed by atoms with Gasteiger partial charge in [-0.3, -0.25) is 4.79 Å². The van der Waals surface area contributed by atoms with Crippen LogP contribution >= 0.6 is 0 Å². The molecule has 2 N–H and O–H groups in total. The second kappa shape index (κ2) is 10.3. The monoisotopic (exact) mass is 513 g/mol.